The predicted octanol–water partition coefficient (Wildman–Crippen LogP) is 4.99. The first-order valence-electron chi connectivity index (χ1n) is 8.11. The summed E-state index contributed by atoms with van der Waals surface area (Å²) in [5.74, 6) is 0.162. The molecule has 1 heterocycles. The molecule has 0 bridgehead atoms. The molecule has 0 aliphatic carbocycles. The second kappa shape index (κ2) is 7.55. The highest BCUT2D eigenvalue weighted by Gasteiger charge is 2.29. The first kappa shape index (κ1) is 19.2. The Hall–Kier alpha value is -3.62. The molecule has 0 fully saturated rings. The Labute approximate surface area is 158 Å². The van der Waals surface area contributed by atoms with Gasteiger partial charge in [-0.3, -0.25) is 0 Å². The van der Waals surface area contributed by atoms with Crippen LogP contribution in [0.15, 0.2) is 54.6 Å². The number of halogens is 3. The Bertz CT molecular complexity index is 1000. The summed E-state index contributed by atoms with van der Waals surface area (Å²) in [4.78, 5) is 19.5. The number of hydrogen-bond acceptors (Lipinski definition) is 5. The molecule has 9 heteroatoms. The number of nitrogens with one attached hydrogen (secondary N) is 2. The molecule has 0 aliphatic rings. The molecule has 0 radical (unpaired) electrons. The molecule has 2 aromatic carbocycles. The van der Waals surface area contributed by atoms with Gasteiger partial charge in [-0.2, -0.15) is 13.2 Å². The summed E-state index contributed by atoms with van der Waals surface area (Å²) in [6.07, 6.45) is -4.40. The Morgan fingerprint density at radius 1 is 0.929 bits per heavy atom. The van der Waals surface area contributed by atoms with Crippen LogP contribution in [-0.2, 0) is 6.18 Å². The van der Waals surface area contributed by atoms with E-state index in [9.17, 15) is 18.0 Å². The van der Waals surface area contributed by atoms with E-state index in [1.54, 1.807) is 25.1 Å². The Morgan fingerprint density at radius 3 is 2.11 bits per heavy atom. The zero-order chi connectivity index (χ0) is 20.3. The third-order valence-electron chi connectivity index (χ3n) is 3.70. The molecule has 0 spiro atoms. The summed E-state index contributed by atoms with van der Waals surface area (Å²) < 4.78 is 38.0. The molecule has 0 amide bonds. The van der Waals surface area contributed by atoms with Crippen LogP contribution < -0.4 is 10.6 Å². The first-order chi connectivity index (χ1) is 13.2. The van der Waals surface area contributed by atoms with E-state index in [0.717, 1.165) is 12.1 Å². The van der Waals surface area contributed by atoms with Gasteiger partial charge in [0.1, 0.15) is 17.5 Å². The number of carboxylic acid groups (broad SMARTS) is 1. The van der Waals surface area contributed by atoms with Crippen LogP contribution >= 0.6 is 0 Å². The van der Waals surface area contributed by atoms with Gasteiger partial charge in [0.05, 0.1) is 11.1 Å². The topological polar surface area (TPSA) is 87.1 Å². The quantitative estimate of drug-likeness (QED) is 0.571. The van der Waals surface area contributed by atoms with Gasteiger partial charge in [-0.15, -0.1) is 0 Å². The SMILES string of the molecule is Cc1nc(Nc2ccc(C(F)(F)F)cc2)cc(Nc2cccc(C(=O)O)c2)n1. The van der Waals surface area contributed by atoms with Crippen molar-refractivity contribution in [1.82, 2.24) is 9.97 Å². The summed E-state index contributed by atoms with van der Waals surface area (Å²) in [6.45, 7) is 1.66. The molecule has 0 unspecified atom stereocenters. The van der Waals surface area contributed by atoms with Gasteiger partial charge < -0.3 is 15.7 Å². The largest absolute Gasteiger partial charge is 0.478 e. The van der Waals surface area contributed by atoms with Crippen molar-refractivity contribution < 1.29 is 23.1 Å². The molecule has 3 aromatic rings. The van der Waals surface area contributed by atoms with Gasteiger partial charge in [-0.25, -0.2) is 14.8 Å². The van der Waals surface area contributed by atoms with Crippen molar-refractivity contribution in [3.8, 4) is 0 Å². The second-order valence-corrected chi connectivity index (χ2v) is 5.90. The van der Waals surface area contributed by atoms with Crippen molar-refractivity contribution in [2.24, 2.45) is 0 Å². The predicted molar refractivity (Wildman–Crippen MR) is 98.2 cm³/mol. The number of rotatable bonds is 5. The van der Waals surface area contributed by atoms with Gasteiger partial charge in [0.15, 0.2) is 0 Å². The zero-order valence-corrected chi connectivity index (χ0v) is 14.6. The first-order valence-corrected chi connectivity index (χ1v) is 8.11. The second-order valence-electron chi connectivity index (χ2n) is 5.90. The molecular formula is C19H15F3N4O2. The number of aryl methyl sites for hydroxylation is 1. The van der Waals surface area contributed by atoms with E-state index < -0.39 is 17.7 Å². The van der Waals surface area contributed by atoms with Crippen molar-refractivity contribution >= 4 is 29.0 Å². The summed E-state index contributed by atoms with van der Waals surface area (Å²) in [5.41, 5.74) is 0.347. The normalized spacial score (nSPS) is 11.1. The van der Waals surface area contributed by atoms with E-state index in [-0.39, 0.29) is 5.56 Å². The Balaban J connectivity index is 1.80. The van der Waals surface area contributed by atoms with E-state index in [1.807, 2.05) is 0 Å². The van der Waals surface area contributed by atoms with Crippen LogP contribution in [0.2, 0.25) is 0 Å². The number of carbonyl (C=O) groups is 1. The van der Waals surface area contributed by atoms with Crippen LogP contribution in [0.3, 0.4) is 0 Å². The molecule has 6 nitrogen and oxygen atoms in total. The number of alkyl halides is 3. The average molecular weight is 388 g/mol. The van der Waals surface area contributed by atoms with E-state index >= 15 is 0 Å². The minimum atomic E-state index is -4.40. The van der Waals surface area contributed by atoms with Gasteiger partial charge in [0.25, 0.3) is 0 Å². The molecule has 0 saturated carbocycles. The molecule has 144 valence electrons. The monoisotopic (exact) mass is 388 g/mol. The molecule has 0 saturated heterocycles. The molecule has 28 heavy (non-hydrogen) atoms. The van der Waals surface area contributed by atoms with Gasteiger partial charge >= 0.3 is 12.1 Å². The summed E-state index contributed by atoms with van der Waals surface area (Å²) in [5, 5.41) is 15.0. The van der Waals surface area contributed by atoms with Crippen LogP contribution in [0.5, 0.6) is 0 Å². The molecule has 3 N–H and O–H groups in total. The lowest BCUT2D eigenvalue weighted by atomic mass is 10.2. The lowest BCUT2D eigenvalue weighted by Crippen LogP contribution is -2.05. The van der Waals surface area contributed by atoms with Gasteiger partial charge in [0.2, 0.25) is 0 Å². The maximum atomic E-state index is 12.7. The van der Waals surface area contributed by atoms with Crippen molar-refractivity contribution in [3.05, 3.63) is 71.5 Å². The van der Waals surface area contributed by atoms with Crippen molar-refractivity contribution in [3.63, 3.8) is 0 Å². The smallest absolute Gasteiger partial charge is 0.416 e. The van der Waals surface area contributed by atoms with Crippen LogP contribution in [0.25, 0.3) is 0 Å². The average Bonchev–Trinajstić information content (AvgIpc) is 2.61. The fourth-order valence-corrected chi connectivity index (χ4v) is 2.46. The third kappa shape index (κ3) is 4.76. The number of benzene rings is 2. The standard InChI is InChI=1S/C19H15F3N4O2/c1-11-23-16(25-14-7-5-13(6-8-14)19(20,21)22)10-17(24-11)26-15-4-2-3-12(9-15)18(27)28/h2-10H,1H3,(H,27,28)(H2,23,24,25,26). The van der Waals surface area contributed by atoms with Gasteiger partial charge in [-0.1, -0.05) is 6.07 Å². The van der Waals surface area contributed by atoms with Crippen LogP contribution in [0.1, 0.15) is 21.7 Å². The highest BCUT2D eigenvalue weighted by Crippen LogP contribution is 2.30. The minimum absolute atomic E-state index is 0.124. The summed E-state index contributed by atoms with van der Waals surface area (Å²) in [7, 11) is 0. The number of hydrogen-bond donors (Lipinski definition) is 3. The third-order valence-corrected chi connectivity index (χ3v) is 3.70. The van der Waals surface area contributed by atoms with E-state index in [4.69, 9.17) is 5.11 Å². The van der Waals surface area contributed by atoms with Crippen LogP contribution in [-0.4, -0.2) is 21.0 Å². The van der Waals surface area contributed by atoms with Crippen LogP contribution in [0, 0.1) is 6.92 Å². The minimum Gasteiger partial charge on any atom is -0.478 e. The van der Waals surface area contributed by atoms with Gasteiger partial charge in [0, 0.05) is 17.4 Å². The maximum Gasteiger partial charge on any atom is 0.416 e. The zero-order valence-electron chi connectivity index (χ0n) is 14.6. The number of nitrogens with zero attached hydrogens (tertiary/aromatic N) is 2. The molecule has 0 atom stereocenters. The summed E-state index contributed by atoms with van der Waals surface area (Å²) >= 11 is 0. The van der Waals surface area contributed by atoms with E-state index in [0.29, 0.717) is 28.8 Å². The fraction of sp³-hybridized carbons (Fsp3) is 0.105. The maximum absolute atomic E-state index is 12.7. The van der Waals surface area contributed by atoms with Crippen molar-refractivity contribution in [2.75, 3.05) is 10.6 Å². The number of carboxylic acids is 1. The van der Waals surface area contributed by atoms with Crippen molar-refractivity contribution in [1.29, 1.82) is 0 Å². The Kier molecular flexibility index (Phi) is 5.16. The van der Waals surface area contributed by atoms with Crippen LogP contribution in [0.4, 0.5) is 36.2 Å². The molecule has 1 aromatic heterocycles. The molecule has 3 rings (SSSR count). The lowest BCUT2D eigenvalue weighted by Gasteiger charge is -2.12. The number of aromatic carboxylic acids is 1. The van der Waals surface area contributed by atoms with Gasteiger partial charge in [-0.05, 0) is 49.4 Å². The fourth-order valence-electron chi connectivity index (χ4n) is 2.46. The number of aromatic nitrogens is 2. The van der Waals surface area contributed by atoms with Crippen molar-refractivity contribution in [2.45, 2.75) is 13.1 Å². The highest BCUT2D eigenvalue weighted by molar-refractivity contribution is 5.89. The molecular weight excluding hydrogens is 373 g/mol. The molecule has 0 aliphatic heterocycles. The number of anilines is 4. The lowest BCUT2D eigenvalue weighted by molar-refractivity contribution is -0.137. The Morgan fingerprint density at radius 2 is 1.54 bits per heavy atom. The highest BCUT2D eigenvalue weighted by atomic mass is 19.4. The van der Waals surface area contributed by atoms with E-state index in [2.05, 4.69) is 20.6 Å². The van der Waals surface area contributed by atoms with E-state index in [1.165, 1.54) is 24.3 Å². The summed E-state index contributed by atoms with van der Waals surface area (Å²) in [6, 6.07) is 12.4.